The Balaban J connectivity index is 3.45. The molecule has 0 bridgehead atoms. The van der Waals surface area contributed by atoms with Crippen molar-refractivity contribution in [3.8, 4) is 11.8 Å². The summed E-state index contributed by atoms with van der Waals surface area (Å²) in [6.45, 7) is 4.00. The van der Waals surface area contributed by atoms with Gasteiger partial charge in [-0.1, -0.05) is 25.4 Å². The minimum absolute atomic E-state index is 0.215. The van der Waals surface area contributed by atoms with E-state index in [-0.39, 0.29) is 5.92 Å². The van der Waals surface area contributed by atoms with Gasteiger partial charge in [0.25, 0.3) is 0 Å². The van der Waals surface area contributed by atoms with Gasteiger partial charge in [-0.25, -0.2) is 0 Å². The van der Waals surface area contributed by atoms with Crippen molar-refractivity contribution in [2.24, 2.45) is 0 Å². The van der Waals surface area contributed by atoms with Gasteiger partial charge < -0.3 is 4.74 Å². The first-order chi connectivity index (χ1) is 6.61. The molecule has 0 saturated heterocycles. The molecule has 0 radical (unpaired) electrons. The summed E-state index contributed by atoms with van der Waals surface area (Å²) in [5.74, 6) is 0.799. The molecule has 74 valence electrons. The maximum Gasteiger partial charge on any atom is 0.137 e. The third kappa shape index (κ3) is 1.83. The van der Waals surface area contributed by atoms with Crippen LogP contribution in [0.1, 0.15) is 30.9 Å². The normalized spacial score (nSPS) is 10.0. The van der Waals surface area contributed by atoms with Gasteiger partial charge in [0.05, 0.1) is 12.7 Å². The zero-order valence-electron chi connectivity index (χ0n) is 8.47. The second-order valence-corrected chi connectivity index (χ2v) is 3.71. The van der Waals surface area contributed by atoms with Crippen LogP contribution >= 0.6 is 11.6 Å². The quantitative estimate of drug-likeness (QED) is 0.749. The molecular formula is C11H12ClNO. The van der Waals surface area contributed by atoms with Gasteiger partial charge in [-0.3, -0.25) is 0 Å². The molecule has 0 heterocycles. The summed E-state index contributed by atoms with van der Waals surface area (Å²) >= 11 is 6.03. The second kappa shape index (κ2) is 4.34. The number of ether oxygens (including phenoxy) is 1. The van der Waals surface area contributed by atoms with E-state index in [0.717, 1.165) is 5.56 Å². The van der Waals surface area contributed by atoms with Gasteiger partial charge >= 0.3 is 0 Å². The van der Waals surface area contributed by atoms with Gasteiger partial charge in [-0.15, -0.1) is 0 Å². The van der Waals surface area contributed by atoms with E-state index in [4.69, 9.17) is 21.6 Å². The van der Waals surface area contributed by atoms with Gasteiger partial charge in [0.1, 0.15) is 11.8 Å². The zero-order valence-corrected chi connectivity index (χ0v) is 9.22. The van der Waals surface area contributed by atoms with Crippen molar-refractivity contribution in [3.05, 3.63) is 28.3 Å². The van der Waals surface area contributed by atoms with Crippen LogP contribution in [0.4, 0.5) is 0 Å². The largest absolute Gasteiger partial charge is 0.495 e. The Bertz CT molecular complexity index is 380. The first-order valence-corrected chi connectivity index (χ1v) is 4.76. The van der Waals surface area contributed by atoms with Crippen LogP contribution in [0.2, 0.25) is 5.02 Å². The smallest absolute Gasteiger partial charge is 0.137 e. The van der Waals surface area contributed by atoms with Crippen LogP contribution in [0.3, 0.4) is 0 Å². The fourth-order valence-electron chi connectivity index (χ4n) is 1.42. The highest BCUT2D eigenvalue weighted by atomic mass is 35.5. The Hall–Kier alpha value is -1.20. The minimum atomic E-state index is 0.215. The summed E-state index contributed by atoms with van der Waals surface area (Å²) in [5.41, 5.74) is 1.39. The maximum atomic E-state index is 9.02. The molecule has 0 atom stereocenters. The van der Waals surface area contributed by atoms with E-state index in [1.165, 1.54) is 0 Å². The molecule has 0 aliphatic heterocycles. The van der Waals surface area contributed by atoms with Crippen LogP contribution in [0, 0.1) is 11.3 Å². The molecular weight excluding hydrogens is 198 g/mol. The average Bonchev–Trinajstić information content (AvgIpc) is 2.16. The van der Waals surface area contributed by atoms with Crippen molar-refractivity contribution in [2.75, 3.05) is 7.11 Å². The predicted molar refractivity (Wildman–Crippen MR) is 56.8 cm³/mol. The molecule has 1 aromatic carbocycles. The lowest BCUT2D eigenvalue weighted by Crippen LogP contribution is -1.97. The van der Waals surface area contributed by atoms with E-state index in [1.807, 2.05) is 13.8 Å². The average molecular weight is 210 g/mol. The Morgan fingerprint density at radius 2 is 2.07 bits per heavy atom. The molecule has 0 aliphatic carbocycles. The lowest BCUT2D eigenvalue weighted by atomic mass is 9.97. The molecule has 0 saturated carbocycles. The van der Waals surface area contributed by atoms with E-state index >= 15 is 0 Å². The molecule has 0 aromatic heterocycles. The number of hydrogen-bond acceptors (Lipinski definition) is 2. The number of hydrogen-bond donors (Lipinski definition) is 0. The molecule has 3 heteroatoms. The fourth-order valence-corrected chi connectivity index (χ4v) is 1.80. The van der Waals surface area contributed by atoms with Gasteiger partial charge in [-0.2, -0.15) is 5.26 Å². The predicted octanol–water partition coefficient (Wildman–Crippen LogP) is 3.34. The summed E-state index contributed by atoms with van der Waals surface area (Å²) in [6, 6.07) is 5.60. The molecule has 2 nitrogen and oxygen atoms in total. The third-order valence-electron chi connectivity index (χ3n) is 2.06. The molecule has 0 amide bonds. The molecule has 0 aliphatic rings. The molecule has 0 fully saturated rings. The van der Waals surface area contributed by atoms with E-state index in [0.29, 0.717) is 16.3 Å². The second-order valence-electron chi connectivity index (χ2n) is 3.30. The van der Waals surface area contributed by atoms with Crippen molar-refractivity contribution in [1.29, 1.82) is 5.26 Å². The van der Waals surface area contributed by atoms with Crippen molar-refractivity contribution in [2.45, 2.75) is 19.8 Å². The van der Waals surface area contributed by atoms with Crippen LogP contribution < -0.4 is 4.74 Å². The van der Waals surface area contributed by atoms with Gasteiger partial charge in [-0.05, 0) is 23.6 Å². The van der Waals surface area contributed by atoms with Gasteiger partial charge in [0.2, 0.25) is 0 Å². The van der Waals surface area contributed by atoms with Crippen molar-refractivity contribution in [1.82, 2.24) is 0 Å². The van der Waals surface area contributed by atoms with E-state index < -0.39 is 0 Å². The summed E-state index contributed by atoms with van der Waals surface area (Å²) in [5, 5.41) is 9.64. The Kier molecular flexibility index (Phi) is 3.38. The van der Waals surface area contributed by atoms with Crippen LogP contribution in [-0.4, -0.2) is 7.11 Å². The van der Waals surface area contributed by atoms with Gasteiger partial charge in [0.15, 0.2) is 0 Å². The van der Waals surface area contributed by atoms with Crippen LogP contribution in [0.5, 0.6) is 5.75 Å². The number of nitrogens with zero attached hydrogens (tertiary/aromatic N) is 1. The summed E-state index contributed by atoms with van der Waals surface area (Å²) in [4.78, 5) is 0. The standard InChI is InChI=1S/C11H12ClNO/c1-7(2)11-8(6-13)10(14-3)5-4-9(11)12/h4-5,7H,1-3H3. The zero-order chi connectivity index (χ0) is 10.7. The first-order valence-electron chi connectivity index (χ1n) is 4.38. The van der Waals surface area contributed by atoms with Crippen molar-refractivity contribution >= 4 is 11.6 Å². The highest BCUT2D eigenvalue weighted by Crippen LogP contribution is 2.33. The molecule has 0 unspecified atom stereocenters. The number of nitriles is 1. The SMILES string of the molecule is COc1ccc(Cl)c(C(C)C)c1C#N. The number of halogens is 1. The first kappa shape index (κ1) is 10.9. The summed E-state index contributed by atoms with van der Waals surface area (Å²) in [6.07, 6.45) is 0. The monoisotopic (exact) mass is 209 g/mol. The molecule has 0 spiro atoms. The highest BCUT2D eigenvalue weighted by molar-refractivity contribution is 6.31. The summed E-state index contributed by atoms with van der Waals surface area (Å²) in [7, 11) is 1.55. The summed E-state index contributed by atoms with van der Waals surface area (Å²) < 4.78 is 5.10. The van der Waals surface area contributed by atoms with Gasteiger partial charge in [0, 0.05) is 5.02 Å². The molecule has 1 aromatic rings. The Morgan fingerprint density at radius 1 is 1.43 bits per heavy atom. The van der Waals surface area contributed by atoms with Crippen molar-refractivity contribution in [3.63, 3.8) is 0 Å². The van der Waals surface area contributed by atoms with Crippen molar-refractivity contribution < 1.29 is 4.74 Å². The number of benzene rings is 1. The fraction of sp³-hybridized carbons (Fsp3) is 0.364. The Morgan fingerprint density at radius 3 is 2.50 bits per heavy atom. The van der Waals surface area contributed by atoms with E-state index in [1.54, 1.807) is 19.2 Å². The van der Waals surface area contributed by atoms with Crippen LogP contribution in [-0.2, 0) is 0 Å². The Labute approximate surface area is 89.1 Å². The van der Waals surface area contributed by atoms with Crippen LogP contribution in [0.25, 0.3) is 0 Å². The van der Waals surface area contributed by atoms with E-state index in [2.05, 4.69) is 6.07 Å². The highest BCUT2D eigenvalue weighted by Gasteiger charge is 2.15. The third-order valence-corrected chi connectivity index (χ3v) is 2.39. The lowest BCUT2D eigenvalue weighted by Gasteiger charge is -2.13. The minimum Gasteiger partial charge on any atom is -0.495 e. The lowest BCUT2D eigenvalue weighted by molar-refractivity contribution is 0.412. The maximum absolute atomic E-state index is 9.02. The topological polar surface area (TPSA) is 33.0 Å². The number of rotatable bonds is 2. The number of methoxy groups -OCH3 is 1. The molecule has 14 heavy (non-hydrogen) atoms. The molecule has 0 N–H and O–H groups in total. The molecule has 1 rings (SSSR count). The van der Waals surface area contributed by atoms with E-state index in [9.17, 15) is 0 Å². The van der Waals surface area contributed by atoms with Crippen LogP contribution in [0.15, 0.2) is 12.1 Å².